The van der Waals surface area contributed by atoms with Gasteiger partial charge in [-0.05, 0) is 12.1 Å². The zero-order chi connectivity index (χ0) is 17.2. The second-order valence-corrected chi connectivity index (χ2v) is 6.55. The number of carboxylic acids is 1. The highest BCUT2D eigenvalue weighted by molar-refractivity contribution is 5.94. The number of piperazine rings is 1. The van der Waals surface area contributed by atoms with Gasteiger partial charge < -0.3 is 14.9 Å². The molecule has 23 heavy (non-hydrogen) atoms. The van der Waals surface area contributed by atoms with Crippen LogP contribution in [0.1, 0.15) is 41.7 Å². The van der Waals surface area contributed by atoms with E-state index in [0.717, 1.165) is 0 Å². The number of amides is 2. The Morgan fingerprint density at radius 1 is 1.00 bits per heavy atom. The Labute approximate surface area is 134 Å². The van der Waals surface area contributed by atoms with E-state index in [1.165, 1.54) is 18.2 Å². The number of nitrogens with zero attached hydrogens (tertiary/aromatic N) is 3. The molecule has 1 aliphatic heterocycles. The fourth-order valence-electron chi connectivity index (χ4n) is 2.42. The summed E-state index contributed by atoms with van der Waals surface area (Å²) in [6, 6.07) is 4.35. The third-order valence-electron chi connectivity index (χ3n) is 3.68. The van der Waals surface area contributed by atoms with Crippen LogP contribution < -0.4 is 0 Å². The second-order valence-electron chi connectivity index (χ2n) is 6.55. The first-order chi connectivity index (χ1) is 10.7. The molecular weight excluding hydrogens is 298 g/mol. The van der Waals surface area contributed by atoms with E-state index in [1.54, 1.807) is 9.80 Å². The third-order valence-corrected chi connectivity index (χ3v) is 3.68. The van der Waals surface area contributed by atoms with Gasteiger partial charge in [0.2, 0.25) is 5.91 Å². The fourth-order valence-corrected chi connectivity index (χ4v) is 2.42. The third kappa shape index (κ3) is 3.85. The molecule has 1 aromatic rings. The Hall–Kier alpha value is -2.44. The van der Waals surface area contributed by atoms with Gasteiger partial charge in [-0.1, -0.05) is 26.8 Å². The molecule has 1 N–H and O–H groups in total. The topological polar surface area (TPSA) is 90.8 Å². The number of aromatic carboxylic acids is 1. The molecule has 1 fully saturated rings. The first kappa shape index (κ1) is 16.9. The average molecular weight is 319 g/mol. The zero-order valence-electron chi connectivity index (χ0n) is 13.6. The molecule has 2 heterocycles. The number of pyridine rings is 1. The van der Waals surface area contributed by atoms with Crippen LogP contribution in [-0.2, 0) is 4.79 Å². The molecule has 0 aliphatic carbocycles. The predicted octanol–water partition coefficient (Wildman–Crippen LogP) is 1.11. The van der Waals surface area contributed by atoms with Crippen LogP contribution in [-0.4, -0.2) is 63.9 Å². The lowest BCUT2D eigenvalue weighted by Gasteiger charge is -2.37. The molecule has 0 saturated carbocycles. The molecule has 7 nitrogen and oxygen atoms in total. The van der Waals surface area contributed by atoms with E-state index in [4.69, 9.17) is 5.11 Å². The maximum atomic E-state index is 12.4. The van der Waals surface area contributed by atoms with Crippen LogP contribution in [0.2, 0.25) is 0 Å². The van der Waals surface area contributed by atoms with Gasteiger partial charge in [-0.2, -0.15) is 0 Å². The first-order valence-corrected chi connectivity index (χ1v) is 7.49. The van der Waals surface area contributed by atoms with Gasteiger partial charge in [-0.15, -0.1) is 0 Å². The van der Waals surface area contributed by atoms with Gasteiger partial charge in [0.05, 0.1) is 0 Å². The van der Waals surface area contributed by atoms with Crippen molar-refractivity contribution in [3.63, 3.8) is 0 Å². The molecule has 0 unspecified atom stereocenters. The molecule has 2 amide bonds. The summed E-state index contributed by atoms with van der Waals surface area (Å²) >= 11 is 0. The molecule has 0 spiro atoms. The van der Waals surface area contributed by atoms with Crippen molar-refractivity contribution in [2.45, 2.75) is 20.8 Å². The summed E-state index contributed by atoms with van der Waals surface area (Å²) in [4.78, 5) is 42.8. The lowest BCUT2D eigenvalue weighted by atomic mass is 9.94. The number of carboxylic acid groups (broad SMARTS) is 1. The lowest BCUT2D eigenvalue weighted by molar-refractivity contribution is -0.140. The monoisotopic (exact) mass is 319 g/mol. The van der Waals surface area contributed by atoms with Crippen molar-refractivity contribution in [1.82, 2.24) is 14.8 Å². The Kier molecular flexibility index (Phi) is 4.68. The highest BCUT2D eigenvalue weighted by Gasteiger charge is 2.31. The average Bonchev–Trinajstić information content (AvgIpc) is 2.53. The summed E-state index contributed by atoms with van der Waals surface area (Å²) in [7, 11) is 0. The summed E-state index contributed by atoms with van der Waals surface area (Å²) in [6.07, 6.45) is 0. The van der Waals surface area contributed by atoms with Crippen molar-refractivity contribution in [2.24, 2.45) is 5.41 Å². The molecule has 1 saturated heterocycles. The van der Waals surface area contributed by atoms with Gasteiger partial charge >= 0.3 is 5.97 Å². The second kappa shape index (κ2) is 6.36. The van der Waals surface area contributed by atoms with Gasteiger partial charge in [0.25, 0.3) is 5.91 Å². The molecule has 7 heteroatoms. The molecule has 0 atom stereocenters. The molecule has 1 aliphatic rings. The Morgan fingerprint density at radius 2 is 1.52 bits per heavy atom. The van der Waals surface area contributed by atoms with Gasteiger partial charge in [0.1, 0.15) is 11.4 Å². The largest absolute Gasteiger partial charge is 0.477 e. The number of rotatable bonds is 2. The maximum Gasteiger partial charge on any atom is 0.354 e. The number of carbonyl (C=O) groups is 3. The Bertz CT molecular complexity index is 628. The summed E-state index contributed by atoms with van der Waals surface area (Å²) in [5.41, 5.74) is -0.485. The van der Waals surface area contributed by atoms with E-state index < -0.39 is 11.4 Å². The fraction of sp³-hybridized carbons (Fsp3) is 0.500. The van der Waals surface area contributed by atoms with Crippen LogP contribution in [0.3, 0.4) is 0 Å². The van der Waals surface area contributed by atoms with E-state index in [1.807, 2.05) is 20.8 Å². The predicted molar refractivity (Wildman–Crippen MR) is 83.1 cm³/mol. The molecule has 1 aromatic heterocycles. The van der Waals surface area contributed by atoms with E-state index in [-0.39, 0.29) is 23.2 Å². The van der Waals surface area contributed by atoms with Crippen molar-refractivity contribution in [1.29, 1.82) is 0 Å². The summed E-state index contributed by atoms with van der Waals surface area (Å²) in [5.74, 6) is -1.41. The molecular formula is C16H21N3O4. The quantitative estimate of drug-likeness (QED) is 0.882. The normalized spacial score (nSPS) is 15.4. The van der Waals surface area contributed by atoms with Crippen LogP contribution in [0.4, 0.5) is 0 Å². The maximum absolute atomic E-state index is 12.4. The molecule has 0 aromatic carbocycles. The van der Waals surface area contributed by atoms with Gasteiger partial charge in [-0.25, -0.2) is 9.78 Å². The Balaban J connectivity index is 2.03. The number of carbonyl (C=O) groups excluding carboxylic acids is 2. The van der Waals surface area contributed by atoms with Crippen molar-refractivity contribution in [2.75, 3.05) is 26.2 Å². The highest BCUT2D eigenvalue weighted by Crippen LogP contribution is 2.19. The summed E-state index contributed by atoms with van der Waals surface area (Å²) in [5, 5.41) is 8.94. The van der Waals surface area contributed by atoms with Crippen molar-refractivity contribution < 1.29 is 19.5 Å². The van der Waals surface area contributed by atoms with E-state index in [2.05, 4.69) is 4.98 Å². The number of aromatic nitrogens is 1. The van der Waals surface area contributed by atoms with Crippen molar-refractivity contribution >= 4 is 17.8 Å². The van der Waals surface area contributed by atoms with Crippen LogP contribution in [0.5, 0.6) is 0 Å². The zero-order valence-corrected chi connectivity index (χ0v) is 13.6. The molecule has 2 rings (SSSR count). The van der Waals surface area contributed by atoms with Crippen molar-refractivity contribution in [3.8, 4) is 0 Å². The Morgan fingerprint density at radius 3 is 2.04 bits per heavy atom. The van der Waals surface area contributed by atoms with Crippen LogP contribution in [0, 0.1) is 5.41 Å². The van der Waals surface area contributed by atoms with Crippen LogP contribution in [0.25, 0.3) is 0 Å². The number of hydrogen-bond acceptors (Lipinski definition) is 4. The van der Waals surface area contributed by atoms with Gasteiger partial charge in [0.15, 0.2) is 0 Å². The van der Waals surface area contributed by atoms with Crippen LogP contribution >= 0.6 is 0 Å². The standard InChI is InChI=1S/C16H21N3O4/c1-16(2,3)15(23)19-9-7-18(8-10-19)13(20)11-5-4-6-12(17-11)14(21)22/h4-6H,7-10H2,1-3H3,(H,21,22). The number of hydrogen-bond donors (Lipinski definition) is 1. The minimum atomic E-state index is -1.17. The van der Waals surface area contributed by atoms with Crippen LogP contribution in [0.15, 0.2) is 18.2 Å². The minimum Gasteiger partial charge on any atom is -0.477 e. The molecule has 0 bridgehead atoms. The van der Waals surface area contributed by atoms with Gasteiger partial charge in [0, 0.05) is 31.6 Å². The summed E-state index contributed by atoms with van der Waals surface area (Å²) < 4.78 is 0. The molecule has 124 valence electrons. The molecule has 0 radical (unpaired) electrons. The summed E-state index contributed by atoms with van der Waals surface area (Å²) in [6.45, 7) is 7.39. The lowest BCUT2D eigenvalue weighted by Crippen LogP contribution is -2.53. The van der Waals surface area contributed by atoms with E-state index in [9.17, 15) is 14.4 Å². The smallest absolute Gasteiger partial charge is 0.354 e. The van der Waals surface area contributed by atoms with Crippen molar-refractivity contribution in [3.05, 3.63) is 29.6 Å². The van der Waals surface area contributed by atoms with Gasteiger partial charge in [-0.3, -0.25) is 9.59 Å². The SMILES string of the molecule is CC(C)(C)C(=O)N1CCN(C(=O)c2cccc(C(=O)O)n2)CC1. The van der Waals surface area contributed by atoms with E-state index >= 15 is 0 Å². The first-order valence-electron chi connectivity index (χ1n) is 7.49. The van der Waals surface area contributed by atoms with E-state index in [0.29, 0.717) is 26.2 Å². The minimum absolute atomic E-state index is 0.0654. The highest BCUT2D eigenvalue weighted by atomic mass is 16.4.